The molecule has 0 radical (unpaired) electrons. The minimum atomic E-state index is -1.14. The third kappa shape index (κ3) is 4.51. The summed E-state index contributed by atoms with van der Waals surface area (Å²) < 4.78 is 5.36. The Morgan fingerprint density at radius 3 is 2.41 bits per heavy atom. The van der Waals surface area contributed by atoms with Crippen LogP contribution in [0.1, 0.15) is 23.7 Å². The Hall–Kier alpha value is -2.10. The topological polar surface area (TPSA) is 63.6 Å². The molecule has 0 amide bonds. The molecule has 0 aliphatic heterocycles. The second kappa shape index (κ2) is 6.48. The zero-order valence-electron chi connectivity index (χ0n) is 9.55. The Morgan fingerprint density at radius 1 is 1.24 bits per heavy atom. The highest BCUT2D eigenvalue weighted by molar-refractivity contribution is 6.06. The third-order valence-corrected chi connectivity index (χ3v) is 1.99. The quantitative estimate of drug-likeness (QED) is 0.606. The number of carboxylic acid groups (broad SMARTS) is 1. The van der Waals surface area contributed by atoms with Crippen LogP contribution < -0.4 is 4.74 Å². The molecule has 0 heterocycles. The first-order valence-electron chi connectivity index (χ1n) is 5.31. The van der Waals surface area contributed by atoms with Crippen LogP contribution in [-0.2, 0) is 4.79 Å². The zero-order chi connectivity index (χ0) is 12.7. The van der Waals surface area contributed by atoms with Crippen molar-refractivity contribution in [3.05, 3.63) is 42.0 Å². The van der Waals surface area contributed by atoms with Crippen molar-refractivity contribution in [3.8, 4) is 5.75 Å². The number of rotatable bonds is 6. The van der Waals surface area contributed by atoms with Crippen LogP contribution in [0, 0.1) is 0 Å². The van der Waals surface area contributed by atoms with E-state index in [9.17, 15) is 9.59 Å². The highest BCUT2D eigenvalue weighted by Gasteiger charge is 2.02. The summed E-state index contributed by atoms with van der Waals surface area (Å²) in [6, 6.07) is 6.61. The van der Waals surface area contributed by atoms with Gasteiger partial charge in [-0.3, -0.25) is 4.79 Å². The van der Waals surface area contributed by atoms with Crippen LogP contribution in [-0.4, -0.2) is 23.5 Å². The van der Waals surface area contributed by atoms with Gasteiger partial charge in [0.05, 0.1) is 6.61 Å². The van der Waals surface area contributed by atoms with E-state index in [0.29, 0.717) is 17.9 Å². The average molecular weight is 234 g/mol. The molecule has 0 bridgehead atoms. The molecule has 0 atom stereocenters. The predicted octanol–water partition coefficient (Wildman–Crippen LogP) is 2.30. The summed E-state index contributed by atoms with van der Waals surface area (Å²) in [5.74, 6) is -0.777. The molecule has 90 valence electrons. The molecule has 0 aliphatic carbocycles. The first-order chi connectivity index (χ1) is 8.13. The van der Waals surface area contributed by atoms with E-state index < -0.39 is 5.97 Å². The van der Waals surface area contributed by atoms with E-state index in [2.05, 4.69) is 0 Å². The SMILES string of the molecule is CCCOc1ccc(C(=O)/C=C/C(=O)O)cc1. The highest BCUT2D eigenvalue weighted by Crippen LogP contribution is 2.13. The van der Waals surface area contributed by atoms with E-state index in [4.69, 9.17) is 9.84 Å². The second-order valence-electron chi connectivity index (χ2n) is 3.41. The number of carbonyl (C=O) groups is 2. The fourth-order valence-corrected chi connectivity index (χ4v) is 1.18. The zero-order valence-corrected chi connectivity index (χ0v) is 9.55. The molecular weight excluding hydrogens is 220 g/mol. The van der Waals surface area contributed by atoms with Gasteiger partial charge in [0.1, 0.15) is 5.75 Å². The second-order valence-corrected chi connectivity index (χ2v) is 3.41. The summed E-state index contributed by atoms with van der Waals surface area (Å²) in [5.41, 5.74) is 0.436. The Bertz CT molecular complexity index is 418. The van der Waals surface area contributed by atoms with Crippen molar-refractivity contribution in [2.45, 2.75) is 13.3 Å². The van der Waals surface area contributed by atoms with E-state index in [1.165, 1.54) is 0 Å². The minimum absolute atomic E-state index is 0.338. The number of ketones is 1. The van der Waals surface area contributed by atoms with Crippen molar-refractivity contribution in [3.63, 3.8) is 0 Å². The number of benzene rings is 1. The predicted molar refractivity (Wildman–Crippen MR) is 63.3 cm³/mol. The third-order valence-electron chi connectivity index (χ3n) is 1.99. The summed E-state index contributed by atoms with van der Waals surface area (Å²) in [6.45, 7) is 2.64. The Kier molecular flexibility index (Phi) is 4.94. The summed E-state index contributed by atoms with van der Waals surface area (Å²) in [7, 11) is 0. The van der Waals surface area contributed by atoms with Gasteiger partial charge in [0.25, 0.3) is 0 Å². The number of ether oxygens (including phenoxy) is 1. The lowest BCUT2D eigenvalue weighted by atomic mass is 10.1. The minimum Gasteiger partial charge on any atom is -0.494 e. The van der Waals surface area contributed by atoms with Crippen LogP contribution in [0.25, 0.3) is 0 Å². The maximum absolute atomic E-state index is 11.5. The Labute approximate surface area is 99.5 Å². The molecule has 4 nitrogen and oxygen atoms in total. The van der Waals surface area contributed by atoms with E-state index in [1.54, 1.807) is 24.3 Å². The van der Waals surface area contributed by atoms with Crippen molar-refractivity contribution in [1.29, 1.82) is 0 Å². The molecule has 17 heavy (non-hydrogen) atoms. The van der Waals surface area contributed by atoms with Gasteiger partial charge in [0, 0.05) is 11.6 Å². The maximum atomic E-state index is 11.5. The van der Waals surface area contributed by atoms with Crippen LogP contribution in [0.15, 0.2) is 36.4 Å². The molecule has 0 saturated heterocycles. The summed E-state index contributed by atoms with van der Waals surface area (Å²) in [6.07, 6.45) is 2.77. The van der Waals surface area contributed by atoms with Gasteiger partial charge in [0.2, 0.25) is 0 Å². The first kappa shape index (κ1) is 13.0. The molecule has 0 aliphatic rings. The molecule has 0 spiro atoms. The van der Waals surface area contributed by atoms with Gasteiger partial charge in [-0.25, -0.2) is 4.79 Å². The fraction of sp³-hybridized carbons (Fsp3) is 0.231. The fourth-order valence-electron chi connectivity index (χ4n) is 1.18. The normalized spacial score (nSPS) is 10.4. The molecular formula is C13H14O4. The van der Waals surface area contributed by atoms with Gasteiger partial charge in [-0.15, -0.1) is 0 Å². The molecule has 1 aromatic rings. The lowest BCUT2D eigenvalue weighted by Gasteiger charge is -2.04. The molecule has 4 heteroatoms. The molecule has 0 unspecified atom stereocenters. The van der Waals surface area contributed by atoms with Gasteiger partial charge in [-0.2, -0.15) is 0 Å². The van der Waals surface area contributed by atoms with Crippen molar-refractivity contribution >= 4 is 11.8 Å². The average Bonchev–Trinajstić information content (AvgIpc) is 2.34. The van der Waals surface area contributed by atoms with Gasteiger partial charge < -0.3 is 9.84 Å². The Balaban J connectivity index is 2.67. The van der Waals surface area contributed by atoms with Crippen molar-refractivity contribution < 1.29 is 19.4 Å². The molecule has 1 rings (SSSR count). The van der Waals surface area contributed by atoms with Crippen molar-refractivity contribution in [2.24, 2.45) is 0 Å². The summed E-state index contributed by atoms with van der Waals surface area (Å²) >= 11 is 0. The van der Waals surface area contributed by atoms with Gasteiger partial charge >= 0.3 is 5.97 Å². The van der Waals surface area contributed by atoms with E-state index >= 15 is 0 Å². The summed E-state index contributed by atoms with van der Waals surface area (Å²) in [5, 5.41) is 8.39. The van der Waals surface area contributed by atoms with Gasteiger partial charge in [-0.1, -0.05) is 6.92 Å². The van der Waals surface area contributed by atoms with Crippen LogP contribution in [0.4, 0.5) is 0 Å². The van der Waals surface area contributed by atoms with Crippen molar-refractivity contribution in [2.75, 3.05) is 6.61 Å². The van der Waals surface area contributed by atoms with Crippen LogP contribution >= 0.6 is 0 Å². The first-order valence-corrected chi connectivity index (χ1v) is 5.31. The maximum Gasteiger partial charge on any atom is 0.328 e. The number of carboxylic acids is 1. The van der Waals surface area contributed by atoms with Crippen LogP contribution in [0.3, 0.4) is 0 Å². The van der Waals surface area contributed by atoms with Crippen molar-refractivity contribution in [1.82, 2.24) is 0 Å². The van der Waals surface area contributed by atoms with Crippen LogP contribution in [0.5, 0.6) is 5.75 Å². The monoisotopic (exact) mass is 234 g/mol. The standard InChI is InChI=1S/C13H14O4/c1-2-9-17-11-5-3-10(4-6-11)12(14)7-8-13(15)16/h3-8H,2,9H2,1H3,(H,15,16)/b8-7+. The number of hydrogen-bond acceptors (Lipinski definition) is 3. The largest absolute Gasteiger partial charge is 0.494 e. The molecule has 1 aromatic carbocycles. The number of allylic oxidation sites excluding steroid dienone is 1. The Morgan fingerprint density at radius 2 is 1.88 bits per heavy atom. The smallest absolute Gasteiger partial charge is 0.328 e. The number of carbonyl (C=O) groups excluding carboxylic acids is 1. The van der Waals surface area contributed by atoms with E-state index in [0.717, 1.165) is 18.6 Å². The highest BCUT2D eigenvalue weighted by atomic mass is 16.5. The lowest BCUT2D eigenvalue weighted by Crippen LogP contribution is -1.98. The van der Waals surface area contributed by atoms with Gasteiger partial charge in [-0.05, 0) is 36.8 Å². The molecule has 1 N–H and O–H groups in total. The number of hydrogen-bond donors (Lipinski definition) is 1. The van der Waals surface area contributed by atoms with E-state index in [1.807, 2.05) is 6.92 Å². The molecule has 0 fully saturated rings. The molecule has 0 aromatic heterocycles. The lowest BCUT2D eigenvalue weighted by molar-refractivity contribution is -0.131. The number of aliphatic carboxylic acids is 1. The summed E-state index contributed by atoms with van der Waals surface area (Å²) in [4.78, 5) is 21.7. The molecule has 0 saturated carbocycles. The van der Waals surface area contributed by atoms with Gasteiger partial charge in [0.15, 0.2) is 5.78 Å². The van der Waals surface area contributed by atoms with Crippen LogP contribution in [0.2, 0.25) is 0 Å². The van der Waals surface area contributed by atoms with E-state index in [-0.39, 0.29) is 5.78 Å².